The zero-order valence-electron chi connectivity index (χ0n) is 14.2. The molecule has 3 rings (SSSR count). The molecule has 0 radical (unpaired) electrons. The van der Waals surface area contributed by atoms with Gasteiger partial charge in [-0.05, 0) is 61.3 Å². The third-order valence-electron chi connectivity index (χ3n) is 4.48. The third kappa shape index (κ3) is 3.49. The van der Waals surface area contributed by atoms with E-state index >= 15 is 0 Å². The van der Waals surface area contributed by atoms with Crippen LogP contribution in [0.3, 0.4) is 0 Å². The maximum absolute atomic E-state index is 12.6. The molecule has 2 heterocycles. The maximum atomic E-state index is 12.6. The van der Waals surface area contributed by atoms with E-state index in [0.29, 0.717) is 0 Å². The van der Waals surface area contributed by atoms with E-state index in [0.717, 1.165) is 24.2 Å². The Balaban J connectivity index is 1.89. The van der Waals surface area contributed by atoms with Crippen LogP contribution in [0.1, 0.15) is 24.0 Å². The van der Waals surface area contributed by atoms with Gasteiger partial charge in [0.15, 0.2) is 5.11 Å². The Morgan fingerprint density at radius 1 is 1.28 bits per heavy atom. The smallest absolute Gasteiger partial charge is 0.265 e. The number of benzene rings is 1. The van der Waals surface area contributed by atoms with Gasteiger partial charge in [-0.25, -0.2) is 0 Å². The largest absolute Gasteiger partial charge is 0.371 e. The summed E-state index contributed by atoms with van der Waals surface area (Å²) in [5, 5.41) is 2.68. The summed E-state index contributed by atoms with van der Waals surface area (Å²) in [5.74, 6) is -0.855. The SMILES string of the molecule is C=CCN1C(=O)/C(=C/c2ccc(N3CCCC3)c(C)c2)C(=O)NC1=S. The molecule has 1 N–H and O–H groups in total. The molecule has 2 amide bonds. The summed E-state index contributed by atoms with van der Waals surface area (Å²) in [7, 11) is 0. The number of thiocarbonyl (C=S) groups is 1. The third-order valence-corrected chi connectivity index (χ3v) is 4.80. The van der Waals surface area contributed by atoms with Gasteiger partial charge in [-0.1, -0.05) is 12.1 Å². The number of hydrogen-bond acceptors (Lipinski definition) is 4. The lowest BCUT2D eigenvalue weighted by molar-refractivity contribution is -0.128. The molecular weight excluding hydrogens is 334 g/mol. The molecule has 1 aromatic carbocycles. The first-order valence-corrected chi connectivity index (χ1v) is 8.77. The number of carbonyl (C=O) groups excluding carboxylic acids is 2. The van der Waals surface area contributed by atoms with Crippen molar-refractivity contribution in [3.8, 4) is 0 Å². The molecule has 0 bridgehead atoms. The topological polar surface area (TPSA) is 52.7 Å². The number of nitrogens with one attached hydrogen (secondary N) is 1. The highest BCUT2D eigenvalue weighted by Gasteiger charge is 2.32. The first kappa shape index (κ1) is 17.4. The predicted octanol–water partition coefficient (Wildman–Crippen LogP) is 2.41. The minimum Gasteiger partial charge on any atom is -0.371 e. The van der Waals surface area contributed by atoms with Crippen LogP contribution in [0, 0.1) is 6.92 Å². The zero-order valence-corrected chi connectivity index (χ0v) is 15.1. The molecule has 2 aliphatic rings. The van der Waals surface area contributed by atoms with Gasteiger partial charge in [0.2, 0.25) is 0 Å². The van der Waals surface area contributed by atoms with Crippen molar-refractivity contribution in [2.24, 2.45) is 0 Å². The summed E-state index contributed by atoms with van der Waals surface area (Å²) in [6, 6.07) is 6.01. The van der Waals surface area contributed by atoms with Gasteiger partial charge >= 0.3 is 0 Å². The number of aryl methyl sites for hydroxylation is 1. The molecule has 0 spiro atoms. The molecule has 0 unspecified atom stereocenters. The van der Waals surface area contributed by atoms with Crippen LogP contribution in [0.4, 0.5) is 5.69 Å². The average molecular weight is 355 g/mol. The quantitative estimate of drug-likeness (QED) is 0.390. The van der Waals surface area contributed by atoms with E-state index in [1.54, 1.807) is 12.2 Å². The monoisotopic (exact) mass is 355 g/mol. The molecule has 0 saturated carbocycles. The Kier molecular flexibility index (Phi) is 4.99. The summed E-state index contributed by atoms with van der Waals surface area (Å²) in [4.78, 5) is 28.4. The van der Waals surface area contributed by atoms with Gasteiger partial charge in [0.1, 0.15) is 5.57 Å². The second kappa shape index (κ2) is 7.19. The van der Waals surface area contributed by atoms with E-state index in [4.69, 9.17) is 12.2 Å². The van der Waals surface area contributed by atoms with Crippen LogP contribution in [0.15, 0.2) is 36.4 Å². The maximum Gasteiger partial charge on any atom is 0.265 e. The van der Waals surface area contributed by atoms with E-state index < -0.39 is 11.8 Å². The fourth-order valence-electron chi connectivity index (χ4n) is 3.24. The fourth-order valence-corrected chi connectivity index (χ4v) is 3.49. The number of anilines is 1. The number of amides is 2. The van der Waals surface area contributed by atoms with Crippen LogP contribution in [-0.2, 0) is 9.59 Å². The van der Waals surface area contributed by atoms with E-state index in [2.05, 4.69) is 29.8 Å². The zero-order chi connectivity index (χ0) is 18.0. The summed E-state index contributed by atoms with van der Waals surface area (Å²) in [6.07, 6.45) is 5.64. The van der Waals surface area contributed by atoms with Crippen molar-refractivity contribution in [3.63, 3.8) is 0 Å². The second-order valence-corrected chi connectivity index (χ2v) is 6.65. The van der Waals surface area contributed by atoms with Crippen LogP contribution in [0.5, 0.6) is 0 Å². The molecular formula is C19H21N3O2S. The second-order valence-electron chi connectivity index (χ2n) is 6.26. The Morgan fingerprint density at radius 3 is 2.64 bits per heavy atom. The average Bonchev–Trinajstić information content (AvgIpc) is 3.10. The lowest BCUT2D eigenvalue weighted by Gasteiger charge is -2.27. The summed E-state index contributed by atoms with van der Waals surface area (Å²) in [6.45, 7) is 8.10. The number of carbonyl (C=O) groups is 2. The molecule has 25 heavy (non-hydrogen) atoms. The van der Waals surface area contributed by atoms with Gasteiger partial charge in [-0.3, -0.25) is 19.8 Å². The molecule has 5 nitrogen and oxygen atoms in total. The van der Waals surface area contributed by atoms with Gasteiger partial charge in [0.05, 0.1) is 0 Å². The standard InChI is InChI=1S/C19H21N3O2S/c1-3-8-22-18(24)15(17(23)20-19(22)25)12-14-6-7-16(13(2)11-14)21-9-4-5-10-21/h3,6-7,11-12H,1,4-5,8-10H2,2H3,(H,20,23,25)/b15-12+. The first-order chi connectivity index (χ1) is 12.0. The van der Waals surface area contributed by atoms with Crippen LogP contribution in [-0.4, -0.2) is 41.5 Å². The lowest BCUT2D eigenvalue weighted by atomic mass is 10.0. The van der Waals surface area contributed by atoms with Gasteiger partial charge in [0.25, 0.3) is 11.8 Å². The van der Waals surface area contributed by atoms with E-state index in [-0.39, 0.29) is 17.2 Å². The van der Waals surface area contributed by atoms with Crippen molar-refractivity contribution in [1.82, 2.24) is 10.2 Å². The molecule has 130 valence electrons. The highest BCUT2D eigenvalue weighted by Crippen LogP contribution is 2.26. The van der Waals surface area contributed by atoms with Crippen LogP contribution >= 0.6 is 12.2 Å². The Hall–Kier alpha value is -2.47. The van der Waals surface area contributed by atoms with E-state index in [1.807, 2.05) is 12.1 Å². The van der Waals surface area contributed by atoms with Crippen molar-refractivity contribution in [1.29, 1.82) is 0 Å². The van der Waals surface area contributed by atoms with Gasteiger partial charge in [-0.15, -0.1) is 6.58 Å². The molecule has 2 saturated heterocycles. The highest BCUT2D eigenvalue weighted by atomic mass is 32.1. The van der Waals surface area contributed by atoms with Crippen molar-refractivity contribution >= 4 is 40.9 Å². The number of hydrogen-bond donors (Lipinski definition) is 1. The molecule has 0 atom stereocenters. The first-order valence-electron chi connectivity index (χ1n) is 8.36. The predicted molar refractivity (Wildman–Crippen MR) is 103 cm³/mol. The number of rotatable bonds is 4. The Bertz CT molecular complexity index is 779. The van der Waals surface area contributed by atoms with Crippen molar-refractivity contribution in [2.75, 3.05) is 24.5 Å². The molecule has 6 heteroatoms. The number of nitrogens with zero attached hydrogens (tertiary/aromatic N) is 2. The lowest BCUT2D eigenvalue weighted by Crippen LogP contribution is -2.53. The van der Waals surface area contributed by atoms with Crippen LogP contribution < -0.4 is 10.2 Å². The minimum absolute atomic E-state index is 0.0868. The molecule has 0 aliphatic carbocycles. The Morgan fingerprint density at radius 2 is 2.00 bits per heavy atom. The Labute approximate surface area is 153 Å². The van der Waals surface area contributed by atoms with Crippen molar-refractivity contribution < 1.29 is 9.59 Å². The van der Waals surface area contributed by atoms with Crippen molar-refractivity contribution in [2.45, 2.75) is 19.8 Å². The normalized spacial score (nSPS) is 19.6. The van der Waals surface area contributed by atoms with Gasteiger partial charge in [0, 0.05) is 25.3 Å². The molecule has 0 aromatic heterocycles. The molecule has 2 aliphatic heterocycles. The van der Waals surface area contributed by atoms with E-state index in [1.165, 1.54) is 23.4 Å². The van der Waals surface area contributed by atoms with Gasteiger partial charge < -0.3 is 4.90 Å². The van der Waals surface area contributed by atoms with E-state index in [9.17, 15) is 9.59 Å². The van der Waals surface area contributed by atoms with Crippen molar-refractivity contribution in [3.05, 3.63) is 47.6 Å². The molecule has 2 fully saturated rings. The fraction of sp³-hybridized carbons (Fsp3) is 0.316. The van der Waals surface area contributed by atoms with Gasteiger partial charge in [-0.2, -0.15) is 0 Å². The van der Waals surface area contributed by atoms with Crippen LogP contribution in [0.2, 0.25) is 0 Å². The summed E-state index contributed by atoms with van der Waals surface area (Å²) in [5.41, 5.74) is 3.26. The molecule has 1 aromatic rings. The van der Waals surface area contributed by atoms with Crippen LogP contribution in [0.25, 0.3) is 6.08 Å². The minimum atomic E-state index is -0.461. The summed E-state index contributed by atoms with van der Waals surface area (Å²) < 4.78 is 0. The highest BCUT2D eigenvalue weighted by molar-refractivity contribution is 7.80. The summed E-state index contributed by atoms with van der Waals surface area (Å²) >= 11 is 5.06.